The minimum Gasteiger partial charge on any atom is -0.335 e. The summed E-state index contributed by atoms with van der Waals surface area (Å²) in [7, 11) is 0. The van der Waals surface area contributed by atoms with Crippen molar-refractivity contribution in [2.45, 2.75) is 58.4 Å². The first-order valence-corrected chi connectivity index (χ1v) is 10.9. The minimum atomic E-state index is -4.34. The number of hydrogen-bond acceptors (Lipinski definition) is 2. The van der Waals surface area contributed by atoms with Gasteiger partial charge in [-0.25, -0.2) is 0 Å². The zero-order chi connectivity index (χ0) is 22.2. The SMILES string of the molecule is Cc1ccc(C)c(CN2CC[C@H]3[C@H](CCC(=O)N3Cc3ccc(C(F)(F)F)cc3)C2)c1. The molecular formula is C25H29F3N2O. The second kappa shape index (κ2) is 8.65. The first-order valence-electron chi connectivity index (χ1n) is 10.9. The van der Waals surface area contributed by atoms with Crippen LogP contribution < -0.4 is 0 Å². The number of nitrogens with zero attached hydrogens (tertiary/aromatic N) is 2. The quantitative estimate of drug-likeness (QED) is 0.654. The van der Waals surface area contributed by atoms with E-state index in [0.29, 0.717) is 18.9 Å². The molecule has 0 radical (unpaired) electrons. The predicted molar refractivity (Wildman–Crippen MR) is 114 cm³/mol. The van der Waals surface area contributed by atoms with Gasteiger partial charge in [0.25, 0.3) is 0 Å². The van der Waals surface area contributed by atoms with E-state index in [1.54, 1.807) is 0 Å². The standard InChI is InChI=1S/C25H29F3N2O/c1-17-3-4-18(2)21(13-17)16-29-12-11-23-20(15-29)7-10-24(31)30(23)14-19-5-8-22(9-6-19)25(26,27)28/h3-6,8-9,13,20,23H,7,10-12,14-16H2,1-2H3/t20-,23+/m1/s1. The molecule has 1 amide bonds. The lowest BCUT2D eigenvalue weighted by molar-refractivity contribution is -0.142. The highest BCUT2D eigenvalue weighted by molar-refractivity contribution is 5.77. The number of fused-ring (bicyclic) bond motifs is 1. The average Bonchev–Trinajstić information content (AvgIpc) is 2.72. The Labute approximate surface area is 181 Å². The summed E-state index contributed by atoms with van der Waals surface area (Å²) in [5.74, 6) is 0.523. The number of alkyl halides is 3. The topological polar surface area (TPSA) is 23.6 Å². The summed E-state index contributed by atoms with van der Waals surface area (Å²) >= 11 is 0. The first kappa shape index (κ1) is 21.9. The van der Waals surface area contributed by atoms with Crippen molar-refractivity contribution in [2.24, 2.45) is 5.92 Å². The van der Waals surface area contributed by atoms with Gasteiger partial charge in [-0.1, -0.05) is 35.9 Å². The molecule has 0 unspecified atom stereocenters. The van der Waals surface area contributed by atoms with E-state index in [1.165, 1.54) is 28.8 Å². The van der Waals surface area contributed by atoms with Crippen molar-refractivity contribution in [2.75, 3.05) is 13.1 Å². The van der Waals surface area contributed by atoms with Crippen molar-refractivity contribution in [1.29, 1.82) is 0 Å². The molecule has 2 aliphatic heterocycles. The molecule has 0 saturated carbocycles. The Balaban J connectivity index is 1.43. The molecule has 2 saturated heterocycles. The van der Waals surface area contributed by atoms with Crippen LogP contribution in [0.3, 0.4) is 0 Å². The normalized spacial score (nSPS) is 22.5. The molecular weight excluding hydrogens is 401 g/mol. The second-order valence-corrected chi connectivity index (χ2v) is 9.04. The van der Waals surface area contributed by atoms with Gasteiger partial charge in [-0.2, -0.15) is 13.2 Å². The lowest BCUT2D eigenvalue weighted by atomic mass is 9.83. The van der Waals surface area contributed by atoms with Crippen LogP contribution in [0.1, 0.15) is 47.1 Å². The molecule has 2 heterocycles. The highest BCUT2D eigenvalue weighted by Crippen LogP contribution is 2.34. The maximum Gasteiger partial charge on any atom is 0.416 e. The Morgan fingerprint density at radius 3 is 2.45 bits per heavy atom. The van der Waals surface area contributed by atoms with Crippen molar-refractivity contribution in [1.82, 2.24) is 9.80 Å². The largest absolute Gasteiger partial charge is 0.416 e. The zero-order valence-electron chi connectivity index (χ0n) is 18.1. The van der Waals surface area contributed by atoms with Crippen molar-refractivity contribution in [3.05, 3.63) is 70.3 Å². The van der Waals surface area contributed by atoms with Gasteiger partial charge in [0.15, 0.2) is 0 Å². The average molecular weight is 431 g/mol. The first-order chi connectivity index (χ1) is 14.7. The molecule has 0 aliphatic carbocycles. The van der Waals surface area contributed by atoms with Crippen LogP contribution in [0.15, 0.2) is 42.5 Å². The molecule has 4 rings (SSSR count). The molecule has 31 heavy (non-hydrogen) atoms. The van der Waals surface area contributed by atoms with Gasteiger partial charge in [0.2, 0.25) is 5.91 Å². The fourth-order valence-corrected chi connectivity index (χ4v) is 4.98. The van der Waals surface area contributed by atoms with Gasteiger partial charge < -0.3 is 4.90 Å². The fraction of sp³-hybridized carbons (Fsp3) is 0.480. The number of piperidine rings is 2. The van der Waals surface area contributed by atoms with Crippen LogP contribution in [0.5, 0.6) is 0 Å². The van der Waals surface area contributed by atoms with Crippen molar-refractivity contribution < 1.29 is 18.0 Å². The summed E-state index contributed by atoms with van der Waals surface area (Å²) in [6, 6.07) is 11.9. The van der Waals surface area contributed by atoms with Crippen LogP contribution in [0, 0.1) is 19.8 Å². The fourth-order valence-electron chi connectivity index (χ4n) is 4.98. The highest BCUT2D eigenvalue weighted by Gasteiger charge is 2.39. The van der Waals surface area contributed by atoms with Crippen molar-refractivity contribution >= 4 is 5.91 Å². The van der Waals surface area contributed by atoms with Gasteiger partial charge in [0.05, 0.1) is 5.56 Å². The molecule has 2 fully saturated rings. The van der Waals surface area contributed by atoms with Crippen LogP contribution >= 0.6 is 0 Å². The number of rotatable bonds is 4. The Bertz CT molecular complexity index is 939. The molecule has 2 aliphatic rings. The smallest absolute Gasteiger partial charge is 0.335 e. The monoisotopic (exact) mass is 430 g/mol. The molecule has 0 spiro atoms. The maximum atomic E-state index is 12.8. The third-order valence-corrected chi connectivity index (χ3v) is 6.76. The number of aryl methyl sites for hydroxylation is 2. The van der Waals surface area contributed by atoms with Crippen molar-refractivity contribution in [3.63, 3.8) is 0 Å². The minimum absolute atomic E-state index is 0.115. The summed E-state index contributed by atoms with van der Waals surface area (Å²) in [6.07, 6.45) is -2.04. The molecule has 6 heteroatoms. The lowest BCUT2D eigenvalue weighted by Gasteiger charge is -2.47. The number of likely N-dealkylation sites (tertiary alicyclic amines) is 2. The number of halogens is 3. The van der Waals surface area contributed by atoms with E-state index in [1.807, 2.05) is 4.90 Å². The molecule has 166 valence electrons. The van der Waals surface area contributed by atoms with E-state index in [2.05, 4.69) is 36.9 Å². The maximum absolute atomic E-state index is 12.8. The zero-order valence-corrected chi connectivity index (χ0v) is 18.1. The van der Waals surface area contributed by atoms with E-state index in [9.17, 15) is 18.0 Å². The Morgan fingerprint density at radius 1 is 1.00 bits per heavy atom. The third-order valence-electron chi connectivity index (χ3n) is 6.76. The summed E-state index contributed by atoms with van der Waals surface area (Å²) < 4.78 is 38.5. The highest BCUT2D eigenvalue weighted by atomic mass is 19.4. The molecule has 3 nitrogen and oxygen atoms in total. The van der Waals surface area contributed by atoms with Gasteiger partial charge in [-0.05, 0) is 61.4 Å². The van der Waals surface area contributed by atoms with E-state index in [0.717, 1.165) is 50.2 Å². The van der Waals surface area contributed by atoms with Gasteiger partial charge in [-0.15, -0.1) is 0 Å². The third kappa shape index (κ3) is 4.95. The molecule has 0 N–H and O–H groups in total. The summed E-state index contributed by atoms with van der Waals surface area (Å²) in [5, 5.41) is 0. The van der Waals surface area contributed by atoms with Crippen LogP contribution in [-0.2, 0) is 24.1 Å². The van der Waals surface area contributed by atoms with Crippen LogP contribution in [0.2, 0.25) is 0 Å². The summed E-state index contributed by atoms with van der Waals surface area (Å²) in [4.78, 5) is 17.1. The van der Waals surface area contributed by atoms with Gasteiger partial charge >= 0.3 is 6.18 Å². The number of carbonyl (C=O) groups excluding carboxylic acids is 1. The number of carbonyl (C=O) groups is 1. The molecule has 2 aromatic carbocycles. The van der Waals surface area contributed by atoms with E-state index in [4.69, 9.17) is 0 Å². The van der Waals surface area contributed by atoms with Crippen molar-refractivity contribution in [3.8, 4) is 0 Å². The Morgan fingerprint density at radius 2 is 1.74 bits per heavy atom. The predicted octanol–water partition coefficient (Wildman–Crippen LogP) is 5.34. The van der Waals surface area contributed by atoms with Crippen LogP contribution in [0.4, 0.5) is 13.2 Å². The number of hydrogen-bond donors (Lipinski definition) is 0. The van der Waals surface area contributed by atoms with Crippen LogP contribution in [-0.4, -0.2) is 34.8 Å². The van der Waals surface area contributed by atoms with Gasteiger partial charge in [-0.3, -0.25) is 9.69 Å². The van der Waals surface area contributed by atoms with E-state index >= 15 is 0 Å². The molecule has 0 bridgehead atoms. The Hall–Kier alpha value is -2.34. The van der Waals surface area contributed by atoms with Crippen LogP contribution in [0.25, 0.3) is 0 Å². The second-order valence-electron chi connectivity index (χ2n) is 9.04. The van der Waals surface area contributed by atoms with Gasteiger partial charge in [0.1, 0.15) is 0 Å². The van der Waals surface area contributed by atoms with Gasteiger partial charge in [0, 0.05) is 38.6 Å². The number of amides is 1. The summed E-state index contributed by atoms with van der Waals surface area (Å²) in [5.41, 5.74) is 4.02. The lowest BCUT2D eigenvalue weighted by Crippen LogP contribution is -2.55. The molecule has 2 aromatic rings. The molecule has 2 atom stereocenters. The van der Waals surface area contributed by atoms with E-state index in [-0.39, 0.29) is 11.9 Å². The number of benzene rings is 2. The molecule has 0 aromatic heterocycles. The Kier molecular flexibility index (Phi) is 6.11. The van der Waals surface area contributed by atoms with E-state index < -0.39 is 11.7 Å². The summed E-state index contributed by atoms with van der Waals surface area (Å²) in [6.45, 7) is 7.44.